The van der Waals surface area contributed by atoms with Crippen molar-refractivity contribution in [2.75, 3.05) is 0 Å². The molecule has 0 aromatic rings. The van der Waals surface area contributed by atoms with Crippen LogP contribution in [0, 0.1) is 0 Å². The molecule has 0 bridgehead atoms. The lowest BCUT2D eigenvalue weighted by Gasteiger charge is -2.02. The van der Waals surface area contributed by atoms with E-state index >= 15 is 0 Å². The predicted molar refractivity (Wildman–Crippen MR) is 92.8 cm³/mol. The van der Waals surface area contributed by atoms with Gasteiger partial charge in [0.2, 0.25) is 0 Å². The Bertz CT molecular complexity index is 546. The normalized spacial score (nSPS) is 12.0. The van der Waals surface area contributed by atoms with Crippen molar-refractivity contribution >= 4 is 18.2 Å². The lowest BCUT2D eigenvalue weighted by Crippen LogP contribution is -1.94. The molecule has 5 heteroatoms. The zero-order valence-corrected chi connectivity index (χ0v) is 14.8. The largest absolute Gasteiger partial charge is 0.435 e. The summed E-state index contributed by atoms with van der Waals surface area (Å²) < 4.78 is 9.57. The quantitative estimate of drug-likeness (QED) is 0.150. The van der Waals surface area contributed by atoms with Gasteiger partial charge in [-0.15, -0.1) is 0 Å². The van der Waals surface area contributed by atoms with E-state index in [4.69, 9.17) is 9.47 Å². The van der Waals surface area contributed by atoms with E-state index < -0.39 is 11.9 Å². The van der Waals surface area contributed by atoms with Crippen molar-refractivity contribution in [1.29, 1.82) is 0 Å². The van der Waals surface area contributed by atoms with E-state index in [0.29, 0.717) is 24.8 Å². The number of aldehydes is 1. The van der Waals surface area contributed by atoms with E-state index in [1.807, 2.05) is 19.9 Å². The van der Waals surface area contributed by atoms with Crippen molar-refractivity contribution in [2.45, 2.75) is 53.4 Å². The van der Waals surface area contributed by atoms with Gasteiger partial charge in [0.25, 0.3) is 0 Å². The van der Waals surface area contributed by atoms with Gasteiger partial charge >= 0.3 is 11.9 Å². The molecule has 5 nitrogen and oxygen atoms in total. The predicted octanol–water partition coefficient (Wildman–Crippen LogP) is 4.16. The molecule has 0 aromatic carbocycles. The van der Waals surface area contributed by atoms with Gasteiger partial charge in [-0.25, -0.2) is 0 Å². The molecule has 0 saturated carbocycles. The van der Waals surface area contributed by atoms with Crippen molar-refractivity contribution in [2.24, 2.45) is 0 Å². The van der Waals surface area contributed by atoms with Crippen LogP contribution in [0.4, 0.5) is 0 Å². The standard InChI is InChI=1S/C19H26O5/c1-15(2)7-5-8-18(13-20)9-6-10-19(14-24-17(4)22)11-12-23-16(3)21/h7,9,11-14H,5-6,8,10H2,1-4H3. The number of carbonyl (C=O) groups excluding carboxylic acids is 3. The Morgan fingerprint density at radius 1 is 0.833 bits per heavy atom. The van der Waals surface area contributed by atoms with Gasteiger partial charge in [-0.05, 0) is 56.8 Å². The number of allylic oxidation sites excluding steroid dienone is 6. The lowest BCUT2D eigenvalue weighted by atomic mass is 10.1. The summed E-state index contributed by atoms with van der Waals surface area (Å²) in [7, 11) is 0. The monoisotopic (exact) mass is 334 g/mol. The molecule has 0 saturated heterocycles. The lowest BCUT2D eigenvalue weighted by molar-refractivity contribution is -0.136. The van der Waals surface area contributed by atoms with E-state index in [-0.39, 0.29) is 0 Å². The summed E-state index contributed by atoms with van der Waals surface area (Å²) in [5.74, 6) is -0.861. The van der Waals surface area contributed by atoms with Crippen molar-refractivity contribution < 1.29 is 23.9 Å². The van der Waals surface area contributed by atoms with E-state index in [9.17, 15) is 14.4 Å². The van der Waals surface area contributed by atoms with Gasteiger partial charge in [-0.3, -0.25) is 14.4 Å². The molecule has 0 atom stereocenters. The van der Waals surface area contributed by atoms with Crippen LogP contribution < -0.4 is 0 Å². The number of esters is 2. The van der Waals surface area contributed by atoms with Crippen LogP contribution in [-0.4, -0.2) is 18.2 Å². The van der Waals surface area contributed by atoms with Gasteiger partial charge in [-0.2, -0.15) is 0 Å². The van der Waals surface area contributed by atoms with Crippen LogP contribution in [0.1, 0.15) is 53.4 Å². The number of ether oxygens (including phenoxy) is 2. The minimum atomic E-state index is -0.431. The van der Waals surface area contributed by atoms with Gasteiger partial charge in [0.05, 0.1) is 12.5 Å². The average Bonchev–Trinajstić information content (AvgIpc) is 2.49. The summed E-state index contributed by atoms with van der Waals surface area (Å²) in [6.45, 7) is 6.64. The van der Waals surface area contributed by atoms with Crippen LogP contribution in [0.3, 0.4) is 0 Å². The van der Waals surface area contributed by atoms with Gasteiger partial charge in [0.15, 0.2) is 0 Å². The highest BCUT2D eigenvalue weighted by Crippen LogP contribution is 2.12. The van der Waals surface area contributed by atoms with Crippen molar-refractivity contribution in [1.82, 2.24) is 0 Å². The average molecular weight is 334 g/mol. The Morgan fingerprint density at radius 2 is 1.42 bits per heavy atom. The number of carbonyl (C=O) groups is 3. The highest BCUT2D eigenvalue weighted by Gasteiger charge is 1.99. The molecule has 0 N–H and O–H groups in total. The molecule has 0 aromatic heterocycles. The first kappa shape index (κ1) is 21.6. The zero-order valence-electron chi connectivity index (χ0n) is 14.8. The summed E-state index contributed by atoms with van der Waals surface area (Å²) in [5, 5.41) is 0. The third-order valence-corrected chi connectivity index (χ3v) is 2.87. The molecule has 0 heterocycles. The molecular formula is C19H26O5. The molecule has 0 radical (unpaired) electrons. The Labute approximate surface area is 143 Å². The number of hydrogen-bond acceptors (Lipinski definition) is 5. The Hall–Kier alpha value is -2.43. The molecule has 0 spiro atoms. The Morgan fingerprint density at radius 3 is 1.96 bits per heavy atom. The van der Waals surface area contributed by atoms with E-state index in [2.05, 4.69) is 6.08 Å². The summed E-state index contributed by atoms with van der Waals surface area (Å²) in [4.78, 5) is 32.7. The first-order chi connectivity index (χ1) is 11.3. The summed E-state index contributed by atoms with van der Waals surface area (Å²) in [6, 6.07) is 0. The van der Waals surface area contributed by atoms with Crippen LogP contribution in [0.25, 0.3) is 0 Å². The number of hydrogen-bond donors (Lipinski definition) is 0. The molecular weight excluding hydrogens is 308 g/mol. The van der Waals surface area contributed by atoms with E-state index in [1.165, 1.54) is 31.9 Å². The van der Waals surface area contributed by atoms with Crippen LogP contribution in [0.2, 0.25) is 0 Å². The van der Waals surface area contributed by atoms with Crippen LogP contribution in [0.5, 0.6) is 0 Å². The van der Waals surface area contributed by atoms with Crippen LogP contribution in [-0.2, 0) is 23.9 Å². The Kier molecular flexibility index (Phi) is 11.7. The summed E-state index contributed by atoms with van der Waals surface area (Å²) in [5.41, 5.74) is 2.64. The van der Waals surface area contributed by atoms with Crippen molar-refractivity contribution in [3.05, 3.63) is 47.5 Å². The smallest absolute Gasteiger partial charge is 0.307 e. The van der Waals surface area contributed by atoms with Crippen LogP contribution in [0.15, 0.2) is 47.5 Å². The Balaban J connectivity index is 4.68. The number of rotatable bonds is 10. The van der Waals surface area contributed by atoms with Crippen molar-refractivity contribution in [3.63, 3.8) is 0 Å². The topological polar surface area (TPSA) is 69.7 Å². The summed E-state index contributed by atoms with van der Waals surface area (Å²) >= 11 is 0. The fourth-order valence-electron chi connectivity index (χ4n) is 1.72. The van der Waals surface area contributed by atoms with Gasteiger partial charge < -0.3 is 9.47 Å². The first-order valence-electron chi connectivity index (χ1n) is 7.82. The maximum atomic E-state index is 11.1. The second kappa shape index (κ2) is 13.0. The minimum Gasteiger partial charge on any atom is -0.435 e. The van der Waals surface area contributed by atoms with Gasteiger partial charge in [0.1, 0.15) is 6.29 Å². The van der Waals surface area contributed by atoms with Gasteiger partial charge in [0, 0.05) is 13.8 Å². The zero-order chi connectivity index (χ0) is 18.4. The SMILES string of the molecule is CC(=O)OC=CC(=COC(C)=O)CCC=C(C=O)CCC=C(C)C. The fourth-order valence-corrected chi connectivity index (χ4v) is 1.72. The third-order valence-electron chi connectivity index (χ3n) is 2.87. The molecule has 0 amide bonds. The second-order valence-electron chi connectivity index (χ2n) is 5.47. The van der Waals surface area contributed by atoms with E-state index in [0.717, 1.165) is 18.3 Å². The molecule has 0 aliphatic rings. The molecule has 0 aliphatic carbocycles. The highest BCUT2D eigenvalue weighted by atomic mass is 16.5. The molecule has 0 aliphatic heterocycles. The fraction of sp³-hybridized carbons (Fsp3) is 0.421. The van der Waals surface area contributed by atoms with Crippen molar-refractivity contribution in [3.8, 4) is 0 Å². The third kappa shape index (κ3) is 13.2. The molecule has 0 rings (SSSR count). The van der Waals surface area contributed by atoms with Crippen LogP contribution >= 0.6 is 0 Å². The maximum absolute atomic E-state index is 11.1. The first-order valence-corrected chi connectivity index (χ1v) is 7.82. The van der Waals surface area contributed by atoms with E-state index in [1.54, 1.807) is 6.08 Å². The molecule has 0 fully saturated rings. The molecule has 24 heavy (non-hydrogen) atoms. The minimum absolute atomic E-state index is 0.430. The second-order valence-corrected chi connectivity index (χ2v) is 5.47. The summed E-state index contributed by atoms with van der Waals surface area (Å²) in [6.07, 6.45) is 11.6. The molecule has 0 unspecified atom stereocenters. The van der Waals surface area contributed by atoms with Gasteiger partial charge in [-0.1, -0.05) is 17.7 Å². The maximum Gasteiger partial charge on any atom is 0.307 e. The highest BCUT2D eigenvalue weighted by molar-refractivity contribution is 5.73. The molecule has 132 valence electrons.